The monoisotopic (exact) mass is 423 g/mol. The van der Waals surface area contributed by atoms with Crippen LogP contribution in [0.5, 0.6) is 0 Å². The summed E-state index contributed by atoms with van der Waals surface area (Å²) in [5.41, 5.74) is 2.11. The van der Waals surface area contributed by atoms with Gasteiger partial charge in [-0.15, -0.1) is 10.2 Å². The van der Waals surface area contributed by atoms with Crippen molar-refractivity contribution in [3.63, 3.8) is 0 Å². The van der Waals surface area contributed by atoms with Gasteiger partial charge in [0.2, 0.25) is 10.0 Å². The minimum Gasteiger partial charge on any atom is -0.377 e. The quantitative estimate of drug-likeness (QED) is 0.530. The van der Waals surface area contributed by atoms with Crippen LogP contribution in [0.25, 0.3) is 27.8 Å². The zero-order valence-electron chi connectivity index (χ0n) is 16.4. The predicted molar refractivity (Wildman–Crippen MR) is 113 cm³/mol. The van der Waals surface area contributed by atoms with E-state index in [4.69, 9.17) is 4.74 Å². The fraction of sp³-hybridized carbons (Fsp3) is 0.286. The second-order valence-electron chi connectivity index (χ2n) is 7.40. The van der Waals surface area contributed by atoms with Crippen LogP contribution in [-0.2, 0) is 14.8 Å². The van der Waals surface area contributed by atoms with E-state index in [-0.39, 0.29) is 17.5 Å². The molecule has 0 saturated carbocycles. The van der Waals surface area contributed by atoms with Gasteiger partial charge < -0.3 is 4.74 Å². The Morgan fingerprint density at radius 2 is 1.97 bits per heavy atom. The predicted octanol–water partition coefficient (Wildman–Crippen LogP) is 2.71. The number of aromatic nitrogens is 4. The first-order valence-electron chi connectivity index (χ1n) is 9.85. The molecule has 2 aromatic carbocycles. The number of hydrogen-bond donors (Lipinski definition) is 1. The summed E-state index contributed by atoms with van der Waals surface area (Å²) in [7, 11) is -3.67. The lowest BCUT2D eigenvalue weighted by Crippen LogP contribution is -2.31. The average molecular weight is 423 g/mol. The van der Waals surface area contributed by atoms with Crippen molar-refractivity contribution in [1.82, 2.24) is 24.5 Å². The first-order chi connectivity index (χ1) is 14.5. The second kappa shape index (κ2) is 7.42. The van der Waals surface area contributed by atoms with Crippen molar-refractivity contribution in [3.05, 3.63) is 54.2 Å². The molecular formula is C21H21N5O3S. The van der Waals surface area contributed by atoms with Crippen molar-refractivity contribution >= 4 is 26.4 Å². The molecule has 1 N–H and O–H groups in total. The van der Waals surface area contributed by atoms with Gasteiger partial charge in [-0.3, -0.25) is 0 Å². The number of benzene rings is 2. The Hall–Kier alpha value is -2.88. The van der Waals surface area contributed by atoms with Gasteiger partial charge in [-0.2, -0.15) is 9.61 Å². The van der Waals surface area contributed by atoms with Gasteiger partial charge in [0.25, 0.3) is 0 Å². The Labute approximate surface area is 173 Å². The highest BCUT2D eigenvalue weighted by Gasteiger charge is 2.21. The number of nitrogens with one attached hydrogen (secondary N) is 1. The molecule has 1 aliphatic rings. The molecule has 5 rings (SSSR count). The Bertz CT molecular complexity index is 1340. The molecule has 8 nitrogen and oxygen atoms in total. The summed E-state index contributed by atoms with van der Waals surface area (Å²) in [5, 5.41) is 15.2. The number of sulfonamides is 1. The Balaban J connectivity index is 1.53. The molecular weight excluding hydrogens is 402 g/mol. The van der Waals surface area contributed by atoms with Crippen LogP contribution in [0.4, 0.5) is 0 Å². The lowest BCUT2D eigenvalue weighted by Gasteiger charge is -2.12. The third-order valence-electron chi connectivity index (χ3n) is 5.38. The largest absolute Gasteiger partial charge is 0.377 e. The maximum Gasteiger partial charge on any atom is 0.240 e. The van der Waals surface area contributed by atoms with Crippen molar-refractivity contribution in [1.29, 1.82) is 0 Å². The average Bonchev–Trinajstić information content (AvgIpc) is 3.43. The molecule has 0 unspecified atom stereocenters. The van der Waals surface area contributed by atoms with Crippen molar-refractivity contribution < 1.29 is 13.2 Å². The molecule has 2 aromatic heterocycles. The van der Waals surface area contributed by atoms with Gasteiger partial charge in [-0.25, -0.2) is 13.1 Å². The molecule has 1 atom stereocenters. The molecule has 3 heterocycles. The van der Waals surface area contributed by atoms with Gasteiger partial charge in [0.15, 0.2) is 11.5 Å². The van der Waals surface area contributed by atoms with Crippen molar-refractivity contribution in [3.8, 4) is 11.4 Å². The van der Waals surface area contributed by atoms with Crippen LogP contribution in [0.1, 0.15) is 18.5 Å². The van der Waals surface area contributed by atoms with Gasteiger partial charge in [0.1, 0.15) is 0 Å². The van der Waals surface area contributed by atoms with Crippen LogP contribution in [0.15, 0.2) is 53.4 Å². The van der Waals surface area contributed by atoms with Gasteiger partial charge in [-0.05, 0) is 31.9 Å². The van der Waals surface area contributed by atoms with E-state index in [1.54, 1.807) is 22.7 Å². The summed E-state index contributed by atoms with van der Waals surface area (Å²) in [6.07, 6.45) is 1.76. The van der Waals surface area contributed by atoms with Crippen LogP contribution in [-0.4, -0.2) is 47.5 Å². The van der Waals surface area contributed by atoms with E-state index in [0.717, 1.165) is 29.3 Å². The van der Waals surface area contributed by atoms with Crippen LogP contribution in [0, 0.1) is 6.92 Å². The molecule has 0 aliphatic carbocycles. The Morgan fingerprint density at radius 1 is 1.13 bits per heavy atom. The van der Waals surface area contributed by atoms with E-state index >= 15 is 0 Å². The number of fused-ring (bicyclic) bond motifs is 3. The summed E-state index contributed by atoms with van der Waals surface area (Å²) in [4.78, 5) is 0.173. The van der Waals surface area contributed by atoms with E-state index in [2.05, 4.69) is 20.0 Å². The minimum atomic E-state index is -3.67. The fourth-order valence-electron chi connectivity index (χ4n) is 3.81. The zero-order chi connectivity index (χ0) is 20.7. The SMILES string of the molecule is Cc1nn2c(-c3cccc(S(=O)(=O)NC[C@H]4CCCO4)c3)nnc2c2ccccc12. The summed E-state index contributed by atoms with van der Waals surface area (Å²) >= 11 is 0. The van der Waals surface area contributed by atoms with E-state index in [9.17, 15) is 8.42 Å². The Morgan fingerprint density at radius 3 is 2.77 bits per heavy atom. The van der Waals surface area contributed by atoms with Gasteiger partial charge in [0, 0.05) is 29.5 Å². The highest BCUT2D eigenvalue weighted by Crippen LogP contribution is 2.26. The molecule has 0 bridgehead atoms. The number of ether oxygens (including phenoxy) is 1. The van der Waals surface area contributed by atoms with E-state index < -0.39 is 10.0 Å². The molecule has 0 spiro atoms. The number of hydrogen-bond acceptors (Lipinski definition) is 6. The third-order valence-corrected chi connectivity index (χ3v) is 6.80. The molecule has 1 saturated heterocycles. The topological polar surface area (TPSA) is 98.5 Å². The van der Waals surface area contributed by atoms with Crippen molar-refractivity contribution in [2.75, 3.05) is 13.2 Å². The molecule has 1 fully saturated rings. The summed E-state index contributed by atoms with van der Waals surface area (Å²) in [6, 6.07) is 14.6. The lowest BCUT2D eigenvalue weighted by molar-refractivity contribution is 0.114. The number of aryl methyl sites for hydroxylation is 1. The number of nitrogens with zero attached hydrogens (tertiary/aromatic N) is 4. The Kier molecular flexibility index (Phi) is 4.73. The molecule has 0 radical (unpaired) electrons. The molecule has 1 aliphatic heterocycles. The van der Waals surface area contributed by atoms with Gasteiger partial charge in [-0.1, -0.05) is 36.4 Å². The first-order valence-corrected chi connectivity index (χ1v) is 11.3. The molecule has 0 amide bonds. The summed E-state index contributed by atoms with van der Waals surface area (Å²) in [6.45, 7) is 2.89. The van der Waals surface area contributed by atoms with Crippen LogP contribution >= 0.6 is 0 Å². The van der Waals surface area contributed by atoms with Gasteiger partial charge >= 0.3 is 0 Å². The third kappa shape index (κ3) is 3.34. The van der Waals surface area contributed by atoms with E-state index in [1.807, 2.05) is 37.3 Å². The maximum absolute atomic E-state index is 12.8. The second-order valence-corrected chi connectivity index (χ2v) is 9.17. The highest BCUT2D eigenvalue weighted by molar-refractivity contribution is 7.89. The first kappa shape index (κ1) is 19.1. The number of rotatable bonds is 5. The molecule has 154 valence electrons. The molecule has 30 heavy (non-hydrogen) atoms. The summed E-state index contributed by atoms with van der Waals surface area (Å²) in [5.74, 6) is 0.495. The van der Waals surface area contributed by atoms with E-state index in [0.29, 0.717) is 23.6 Å². The zero-order valence-corrected chi connectivity index (χ0v) is 17.3. The van der Waals surface area contributed by atoms with Gasteiger partial charge in [0.05, 0.1) is 16.7 Å². The smallest absolute Gasteiger partial charge is 0.240 e. The normalized spacial score (nSPS) is 17.2. The maximum atomic E-state index is 12.8. The lowest BCUT2D eigenvalue weighted by atomic mass is 10.1. The summed E-state index contributed by atoms with van der Waals surface area (Å²) < 4.78 is 35.4. The molecule has 9 heteroatoms. The van der Waals surface area contributed by atoms with Crippen LogP contribution in [0.3, 0.4) is 0 Å². The fourth-order valence-corrected chi connectivity index (χ4v) is 4.93. The van der Waals surface area contributed by atoms with Crippen LogP contribution < -0.4 is 4.72 Å². The van der Waals surface area contributed by atoms with E-state index in [1.165, 1.54) is 0 Å². The standard InChI is InChI=1S/C21H21N5O3S/c1-14-18-9-2-3-10-19(18)21-24-23-20(26(21)25-14)15-6-4-8-17(12-15)30(27,28)22-13-16-7-5-11-29-16/h2-4,6,8-10,12,16,22H,5,7,11,13H2,1H3/t16-/m1/s1. The van der Waals surface area contributed by atoms with Crippen molar-refractivity contribution in [2.24, 2.45) is 0 Å². The minimum absolute atomic E-state index is 0.0659. The highest BCUT2D eigenvalue weighted by atomic mass is 32.2. The van der Waals surface area contributed by atoms with Crippen LogP contribution in [0.2, 0.25) is 0 Å². The van der Waals surface area contributed by atoms with Crippen molar-refractivity contribution in [2.45, 2.75) is 30.8 Å². The molecule has 4 aromatic rings.